The minimum atomic E-state index is -0.397. The molecular formula is C19H17BrN2O4. The van der Waals surface area contributed by atoms with E-state index in [1.165, 1.54) is 6.07 Å². The Morgan fingerprint density at radius 1 is 1.08 bits per heavy atom. The minimum Gasteiger partial charge on any atom is -0.467 e. The second-order valence-corrected chi connectivity index (χ2v) is 6.58. The summed E-state index contributed by atoms with van der Waals surface area (Å²) >= 11 is 3.26. The lowest BCUT2D eigenvalue weighted by molar-refractivity contribution is -0.384. The van der Waals surface area contributed by atoms with Crippen molar-refractivity contribution in [2.45, 2.75) is 19.8 Å². The third-order valence-corrected chi connectivity index (χ3v) is 4.22. The summed E-state index contributed by atoms with van der Waals surface area (Å²) in [7, 11) is 0. The average molecular weight is 417 g/mol. The number of hydrogen-bond donors (Lipinski definition) is 1. The zero-order chi connectivity index (χ0) is 18.4. The van der Waals surface area contributed by atoms with Gasteiger partial charge >= 0.3 is 0 Å². The van der Waals surface area contributed by atoms with Crippen LogP contribution in [-0.4, -0.2) is 4.92 Å². The second-order valence-electron chi connectivity index (χ2n) is 5.66. The van der Waals surface area contributed by atoms with Gasteiger partial charge in [0, 0.05) is 17.1 Å². The summed E-state index contributed by atoms with van der Waals surface area (Å²) in [5, 5.41) is 14.3. The SMILES string of the molecule is O=[N+]([O-])c1cc(Br)ccc1NCc1cccc(COCc2ccco2)c1. The molecule has 6 nitrogen and oxygen atoms in total. The fraction of sp³-hybridized carbons (Fsp3) is 0.158. The molecule has 7 heteroatoms. The van der Waals surface area contributed by atoms with E-state index in [1.807, 2.05) is 36.4 Å². The zero-order valence-electron chi connectivity index (χ0n) is 13.9. The highest BCUT2D eigenvalue weighted by Gasteiger charge is 2.13. The van der Waals surface area contributed by atoms with E-state index in [0.29, 0.717) is 29.9 Å². The summed E-state index contributed by atoms with van der Waals surface area (Å²) < 4.78 is 11.5. The Labute approximate surface area is 159 Å². The molecule has 0 spiro atoms. The maximum atomic E-state index is 11.2. The van der Waals surface area contributed by atoms with Crippen molar-refractivity contribution in [2.24, 2.45) is 0 Å². The molecule has 1 aromatic heterocycles. The van der Waals surface area contributed by atoms with Gasteiger partial charge in [-0.2, -0.15) is 0 Å². The van der Waals surface area contributed by atoms with Gasteiger partial charge in [-0.05, 0) is 35.4 Å². The molecule has 0 unspecified atom stereocenters. The first-order chi connectivity index (χ1) is 12.6. The van der Waals surface area contributed by atoms with E-state index in [9.17, 15) is 10.1 Å². The van der Waals surface area contributed by atoms with Gasteiger partial charge in [0.25, 0.3) is 5.69 Å². The van der Waals surface area contributed by atoms with Crippen LogP contribution in [0.1, 0.15) is 16.9 Å². The van der Waals surface area contributed by atoms with Crippen molar-refractivity contribution in [2.75, 3.05) is 5.32 Å². The number of ether oxygens (including phenoxy) is 1. The van der Waals surface area contributed by atoms with Crippen molar-refractivity contribution in [3.63, 3.8) is 0 Å². The summed E-state index contributed by atoms with van der Waals surface area (Å²) in [6.07, 6.45) is 1.62. The number of benzene rings is 2. The smallest absolute Gasteiger partial charge is 0.293 e. The number of nitro groups is 1. The van der Waals surface area contributed by atoms with Crippen LogP contribution in [0.15, 0.2) is 69.8 Å². The molecule has 1 heterocycles. The molecule has 1 N–H and O–H groups in total. The molecule has 0 aliphatic rings. The van der Waals surface area contributed by atoms with Crippen LogP contribution in [0, 0.1) is 10.1 Å². The lowest BCUT2D eigenvalue weighted by Gasteiger charge is -2.09. The molecule has 134 valence electrons. The monoisotopic (exact) mass is 416 g/mol. The zero-order valence-corrected chi connectivity index (χ0v) is 15.4. The molecule has 0 saturated heterocycles. The van der Waals surface area contributed by atoms with Crippen LogP contribution in [0.2, 0.25) is 0 Å². The van der Waals surface area contributed by atoms with Crippen LogP contribution in [0.4, 0.5) is 11.4 Å². The predicted molar refractivity (Wildman–Crippen MR) is 102 cm³/mol. The van der Waals surface area contributed by atoms with E-state index in [4.69, 9.17) is 9.15 Å². The van der Waals surface area contributed by atoms with Gasteiger partial charge in [0.15, 0.2) is 0 Å². The Morgan fingerprint density at radius 2 is 1.92 bits per heavy atom. The summed E-state index contributed by atoms with van der Waals surface area (Å²) in [4.78, 5) is 10.8. The second kappa shape index (κ2) is 8.64. The first kappa shape index (κ1) is 18.2. The van der Waals surface area contributed by atoms with E-state index < -0.39 is 4.92 Å². The summed E-state index contributed by atoms with van der Waals surface area (Å²) in [5.74, 6) is 0.783. The highest BCUT2D eigenvalue weighted by atomic mass is 79.9. The lowest BCUT2D eigenvalue weighted by atomic mass is 10.1. The van der Waals surface area contributed by atoms with Crippen molar-refractivity contribution in [3.8, 4) is 0 Å². The van der Waals surface area contributed by atoms with E-state index in [2.05, 4.69) is 21.2 Å². The first-order valence-corrected chi connectivity index (χ1v) is 8.77. The summed E-state index contributed by atoms with van der Waals surface area (Å²) in [6, 6.07) is 16.5. The van der Waals surface area contributed by atoms with Gasteiger partial charge < -0.3 is 14.5 Å². The first-order valence-electron chi connectivity index (χ1n) is 7.97. The molecular weight excluding hydrogens is 400 g/mol. The van der Waals surface area contributed by atoms with Crippen LogP contribution in [-0.2, 0) is 24.5 Å². The molecule has 0 fully saturated rings. The van der Waals surface area contributed by atoms with E-state index in [0.717, 1.165) is 16.9 Å². The third kappa shape index (κ3) is 4.93. The third-order valence-electron chi connectivity index (χ3n) is 3.72. The van der Waals surface area contributed by atoms with Gasteiger partial charge in [-0.25, -0.2) is 0 Å². The fourth-order valence-electron chi connectivity index (χ4n) is 2.50. The average Bonchev–Trinajstić information content (AvgIpc) is 3.14. The van der Waals surface area contributed by atoms with Crippen molar-refractivity contribution in [3.05, 3.63) is 92.3 Å². The van der Waals surface area contributed by atoms with E-state index in [1.54, 1.807) is 18.4 Å². The van der Waals surface area contributed by atoms with E-state index >= 15 is 0 Å². The maximum absolute atomic E-state index is 11.2. The minimum absolute atomic E-state index is 0.0392. The molecule has 0 aliphatic heterocycles. The van der Waals surface area contributed by atoms with Crippen molar-refractivity contribution < 1.29 is 14.1 Å². The van der Waals surface area contributed by atoms with Gasteiger partial charge in [-0.1, -0.05) is 40.2 Å². The number of nitrogens with zero attached hydrogens (tertiary/aromatic N) is 1. The van der Waals surface area contributed by atoms with Crippen LogP contribution < -0.4 is 5.32 Å². The van der Waals surface area contributed by atoms with E-state index in [-0.39, 0.29) is 5.69 Å². The van der Waals surface area contributed by atoms with Crippen molar-refractivity contribution in [1.29, 1.82) is 0 Å². The van der Waals surface area contributed by atoms with Crippen LogP contribution >= 0.6 is 15.9 Å². The van der Waals surface area contributed by atoms with Gasteiger partial charge in [-0.3, -0.25) is 10.1 Å². The Bertz CT molecular complexity index is 881. The molecule has 0 aliphatic carbocycles. The van der Waals surface area contributed by atoms with Crippen LogP contribution in [0.25, 0.3) is 0 Å². The molecule has 26 heavy (non-hydrogen) atoms. The number of rotatable bonds is 8. The van der Waals surface area contributed by atoms with Crippen LogP contribution in [0.3, 0.4) is 0 Å². The lowest BCUT2D eigenvalue weighted by Crippen LogP contribution is -2.03. The van der Waals surface area contributed by atoms with Gasteiger partial charge in [-0.15, -0.1) is 0 Å². The fourth-order valence-corrected chi connectivity index (χ4v) is 2.85. The topological polar surface area (TPSA) is 77.5 Å². The molecule has 0 bridgehead atoms. The standard InChI is InChI=1S/C19H17BrN2O4/c20-16-6-7-18(19(10-16)22(23)24)21-11-14-3-1-4-15(9-14)12-25-13-17-5-2-8-26-17/h1-10,21H,11-13H2. The van der Waals surface area contributed by atoms with Crippen molar-refractivity contribution >= 4 is 27.3 Å². The molecule has 0 saturated carbocycles. The molecule has 0 radical (unpaired) electrons. The number of halogens is 1. The Balaban J connectivity index is 1.59. The number of furan rings is 1. The van der Waals surface area contributed by atoms with Gasteiger partial charge in [0.2, 0.25) is 0 Å². The molecule has 0 amide bonds. The van der Waals surface area contributed by atoms with Gasteiger partial charge in [0.05, 0.1) is 17.8 Å². The van der Waals surface area contributed by atoms with Crippen molar-refractivity contribution in [1.82, 2.24) is 0 Å². The number of hydrogen-bond acceptors (Lipinski definition) is 5. The van der Waals surface area contributed by atoms with Crippen LogP contribution in [0.5, 0.6) is 0 Å². The number of anilines is 1. The Hall–Kier alpha value is -2.64. The highest BCUT2D eigenvalue weighted by molar-refractivity contribution is 9.10. The number of nitrogens with one attached hydrogen (secondary N) is 1. The molecule has 3 aromatic rings. The summed E-state index contributed by atoms with van der Waals surface area (Å²) in [6.45, 7) is 1.36. The van der Waals surface area contributed by atoms with Gasteiger partial charge in [0.1, 0.15) is 18.1 Å². The summed E-state index contributed by atoms with van der Waals surface area (Å²) in [5.41, 5.74) is 2.57. The predicted octanol–water partition coefficient (Wildman–Crippen LogP) is 5.28. The highest BCUT2D eigenvalue weighted by Crippen LogP contribution is 2.28. The molecule has 2 aromatic carbocycles. The quantitative estimate of drug-likeness (QED) is 0.399. The Morgan fingerprint density at radius 3 is 2.69 bits per heavy atom. The number of nitro benzene ring substituents is 1. The maximum Gasteiger partial charge on any atom is 0.293 e. The Kier molecular flexibility index (Phi) is 6.04. The normalized spacial score (nSPS) is 10.7. The molecule has 3 rings (SSSR count). The largest absolute Gasteiger partial charge is 0.467 e. The molecule has 0 atom stereocenters.